The average molecular weight is 1530 g/mol. The Labute approximate surface area is 665 Å². The van der Waals surface area contributed by atoms with Crippen LogP contribution in [0.15, 0.2) is 265 Å². The Kier molecular flexibility index (Phi) is 32.0. The molecule has 0 fully saturated rings. The fourth-order valence-corrected chi connectivity index (χ4v) is 12.5. The van der Waals surface area contributed by atoms with Gasteiger partial charge in [0.05, 0.1) is 72.2 Å². The summed E-state index contributed by atoms with van der Waals surface area (Å²) in [6, 6.07) is 81.3. The SMILES string of the molecule is COC(=O)C(C)c1cccc(C(=O)c2ccccc2)c1.COC(=O)C(C)c1cccc(Oc2ccccc2)c1.COC(=O)CC1=C(C)/C(=C/c2ccc(C)cc2)c2ccc(C)cc21.COC(=O)CCc1nc(-c2ccccc2)c(-c2ccccc2)o1.COC(=O)Cc1c(C)n(C(=O)c2ccc(C)cc2)c2ccc(C)cc12.O=S. The number of allylic oxidation sites excluding steroid dienone is 2. The van der Waals surface area contributed by atoms with Gasteiger partial charge in [-0.15, -0.1) is 0 Å². The number of aromatic nitrogens is 2. The maximum absolute atomic E-state index is 13.1. The van der Waals surface area contributed by atoms with Crippen molar-refractivity contribution in [1.29, 1.82) is 0 Å². The van der Waals surface area contributed by atoms with Crippen molar-refractivity contribution >= 4 is 82.2 Å². The Morgan fingerprint density at radius 3 is 1.54 bits per heavy atom. The van der Waals surface area contributed by atoms with Crippen LogP contribution in [0.3, 0.4) is 0 Å². The summed E-state index contributed by atoms with van der Waals surface area (Å²) in [5.74, 6) is 0.547. The van der Waals surface area contributed by atoms with E-state index >= 15 is 0 Å². The van der Waals surface area contributed by atoms with Gasteiger partial charge < -0.3 is 32.8 Å². The lowest BCUT2D eigenvalue weighted by Crippen LogP contribution is -2.14. The van der Waals surface area contributed by atoms with Crippen molar-refractivity contribution in [2.75, 3.05) is 35.5 Å². The largest absolute Gasteiger partial charge is 0.469 e. The number of nitrogens with zero attached hydrogens (tertiary/aromatic N) is 2. The monoisotopic (exact) mass is 1530 g/mol. The van der Waals surface area contributed by atoms with Gasteiger partial charge in [-0.1, -0.05) is 222 Å². The van der Waals surface area contributed by atoms with Crippen LogP contribution in [0.2, 0.25) is 0 Å². The topological polar surface area (TPSA) is 223 Å². The Morgan fingerprint density at radius 2 is 0.956 bits per heavy atom. The van der Waals surface area contributed by atoms with E-state index in [2.05, 4.69) is 91.6 Å². The summed E-state index contributed by atoms with van der Waals surface area (Å²) in [5.41, 5.74) is 20.2. The van der Waals surface area contributed by atoms with Crippen molar-refractivity contribution in [3.63, 3.8) is 0 Å². The highest BCUT2D eigenvalue weighted by molar-refractivity contribution is 7.44. The summed E-state index contributed by atoms with van der Waals surface area (Å²) in [5, 5.41) is 0.920. The molecule has 578 valence electrons. The van der Waals surface area contributed by atoms with Gasteiger partial charge in [0.2, 0.25) is 0 Å². The number of para-hydroxylation sites is 1. The van der Waals surface area contributed by atoms with E-state index in [0.29, 0.717) is 41.2 Å². The number of esters is 5. The first kappa shape index (κ1) is 85.5. The predicted octanol–water partition coefficient (Wildman–Crippen LogP) is 19.9. The standard InChI is InChI=1S/C22H22O2.C21H21NO3.C19H17NO3.C17H16O3.C16H16O3.OS/c1-14-5-8-17(9-6-14)12-19-16(3)20(13-22(23)24-4)21-11-15(2)7-10-18(19)21;1-13-5-8-16(9-6-13)21(24)22-15(3)17(12-20(23)25-4)18-11-14(2)7-10-19(18)22;1-22-17(21)13-12-16-20-18(14-8-4-2-5-9-14)19(23-16)15-10-6-3-7-11-15;1-12(17(19)20-2)14-9-6-10-15(11-14)16(18)13-7-4-3-5-8-13;1-12(16(17)18-2)13-7-6-10-15(11-13)19-14-8-4-3-5-9-14;1-2/h5-12H,13H2,1-4H3;5-11H,12H2,1-4H3;2-11H,12-13H2,1H3;3-12H,1-2H3;3-12H,1-2H3;/b19-12-;;;;;. The number of carbonyl (C=O) groups excluding carboxylic acids is 7. The van der Waals surface area contributed by atoms with E-state index in [1.165, 1.54) is 63.4 Å². The molecule has 0 bridgehead atoms. The van der Waals surface area contributed by atoms with Crippen molar-refractivity contribution in [3.8, 4) is 34.1 Å². The molecule has 2 atom stereocenters. The van der Waals surface area contributed by atoms with Crippen molar-refractivity contribution < 1.29 is 70.6 Å². The van der Waals surface area contributed by atoms with E-state index in [1.807, 2.05) is 210 Å². The maximum atomic E-state index is 13.1. The molecule has 0 aliphatic heterocycles. The van der Waals surface area contributed by atoms with Gasteiger partial charge in [-0.05, 0) is 166 Å². The van der Waals surface area contributed by atoms with Crippen molar-refractivity contribution in [2.24, 2.45) is 0 Å². The Bertz CT molecular complexity index is 5260. The van der Waals surface area contributed by atoms with Crippen LogP contribution in [0.25, 0.3) is 50.7 Å². The molecule has 0 radical (unpaired) electrons. The first-order valence-electron chi connectivity index (χ1n) is 36.5. The van der Waals surface area contributed by atoms with Crippen molar-refractivity contribution in [3.05, 3.63) is 344 Å². The number of ketones is 1. The molecule has 2 unspecified atom stereocenters. The molecule has 2 heterocycles. The van der Waals surface area contributed by atoms with Gasteiger partial charge in [-0.3, -0.25) is 38.1 Å². The summed E-state index contributed by atoms with van der Waals surface area (Å²) in [4.78, 5) is 88.1. The molecule has 17 nitrogen and oxygen atoms in total. The van der Waals surface area contributed by atoms with Crippen LogP contribution < -0.4 is 4.74 Å². The molecule has 18 heteroatoms. The predicted molar refractivity (Wildman–Crippen MR) is 443 cm³/mol. The Morgan fingerprint density at radius 1 is 0.460 bits per heavy atom. The molecule has 2 aromatic heterocycles. The van der Waals surface area contributed by atoms with Crippen LogP contribution in [-0.2, 0) is 73.0 Å². The van der Waals surface area contributed by atoms with Crippen LogP contribution in [0.1, 0.15) is 139 Å². The highest BCUT2D eigenvalue weighted by atomic mass is 32.1. The number of ether oxygens (including phenoxy) is 6. The van der Waals surface area contributed by atoms with Gasteiger partial charge >= 0.3 is 29.8 Å². The molecular weight excluding hydrogens is 1440 g/mol. The maximum Gasteiger partial charge on any atom is 0.312 e. The van der Waals surface area contributed by atoms with Crippen molar-refractivity contribution in [2.45, 2.75) is 92.9 Å². The first-order valence-corrected chi connectivity index (χ1v) is 36.8. The lowest BCUT2D eigenvalue weighted by molar-refractivity contribution is -0.142. The quantitative estimate of drug-likeness (QED) is 0.0417. The molecule has 0 N–H and O–H groups in total. The molecule has 10 aromatic carbocycles. The van der Waals surface area contributed by atoms with Crippen LogP contribution in [0.5, 0.6) is 11.5 Å². The molecule has 1 aliphatic rings. The fourth-order valence-electron chi connectivity index (χ4n) is 12.5. The lowest BCUT2D eigenvalue weighted by atomic mass is 9.96. The van der Waals surface area contributed by atoms with E-state index in [0.717, 1.165) is 89.5 Å². The summed E-state index contributed by atoms with van der Waals surface area (Å²) in [7, 11) is 6.94. The molecule has 0 spiro atoms. The highest BCUT2D eigenvalue weighted by Gasteiger charge is 2.27. The third-order valence-corrected chi connectivity index (χ3v) is 18.8. The molecule has 1 aliphatic carbocycles. The number of fused-ring (bicyclic) bond motifs is 2. The molecule has 13 rings (SSSR count). The number of carbonyl (C=O) groups is 7. The van der Waals surface area contributed by atoms with Crippen LogP contribution >= 0.6 is 0 Å². The number of oxazole rings is 1. The molecular formula is C95H92N2O15S. The summed E-state index contributed by atoms with van der Waals surface area (Å²) < 4.78 is 45.0. The van der Waals surface area contributed by atoms with Crippen molar-refractivity contribution in [1.82, 2.24) is 9.55 Å². The number of hydrogen-bond acceptors (Lipinski definition) is 17. The van der Waals surface area contributed by atoms with E-state index in [9.17, 15) is 33.6 Å². The highest BCUT2D eigenvalue weighted by Crippen LogP contribution is 2.44. The second-order valence-corrected chi connectivity index (χ2v) is 26.6. The van der Waals surface area contributed by atoms with Gasteiger partial charge in [0.15, 0.2) is 30.0 Å². The first-order chi connectivity index (χ1) is 54.5. The van der Waals surface area contributed by atoms with E-state index in [1.54, 1.807) is 41.8 Å². The van der Waals surface area contributed by atoms with Gasteiger partial charge in [0, 0.05) is 45.3 Å². The minimum Gasteiger partial charge on any atom is -0.469 e. The molecule has 12 aromatic rings. The molecule has 0 amide bonds. The molecule has 113 heavy (non-hydrogen) atoms. The van der Waals surface area contributed by atoms with Crippen LogP contribution in [-0.4, -0.2) is 90.8 Å². The average Bonchev–Trinajstić information content (AvgIpc) is 1.60. The summed E-state index contributed by atoms with van der Waals surface area (Å²) in [6.45, 7) is 15.7. The number of rotatable bonds is 19. The van der Waals surface area contributed by atoms with Gasteiger partial charge in [0.25, 0.3) is 5.91 Å². The van der Waals surface area contributed by atoms with E-state index in [4.69, 9.17) is 32.3 Å². The van der Waals surface area contributed by atoms with E-state index < -0.39 is 0 Å². The number of methoxy groups -OCH3 is 5. The lowest BCUT2D eigenvalue weighted by Gasteiger charge is -2.11. The fraction of sp³-hybridized carbons (Fsp3) is 0.200. The normalized spacial score (nSPS) is 11.8. The van der Waals surface area contributed by atoms with Crippen LogP contribution in [0, 0.1) is 34.6 Å². The number of hydrogen-bond donors (Lipinski definition) is 0. The third kappa shape index (κ3) is 23.3. The zero-order valence-electron chi connectivity index (χ0n) is 65.7. The number of aryl methyl sites for hydroxylation is 5. The number of benzene rings is 10. The van der Waals surface area contributed by atoms with Crippen LogP contribution in [0.4, 0.5) is 0 Å². The zero-order chi connectivity index (χ0) is 81.7. The Hall–Kier alpha value is -13.1. The van der Waals surface area contributed by atoms with Gasteiger partial charge in [0.1, 0.15) is 17.2 Å². The minimum absolute atomic E-state index is 0.0514. The molecule has 0 saturated heterocycles. The zero-order valence-corrected chi connectivity index (χ0v) is 66.6. The summed E-state index contributed by atoms with van der Waals surface area (Å²) >= 11 is 2.83. The second kappa shape index (κ2) is 42.2. The summed E-state index contributed by atoms with van der Waals surface area (Å²) in [6.07, 6.45) is 3.33. The van der Waals surface area contributed by atoms with Gasteiger partial charge in [-0.2, -0.15) is 4.21 Å². The smallest absolute Gasteiger partial charge is 0.312 e. The third-order valence-electron chi connectivity index (χ3n) is 18.8. The van der Waals surface area contributed by atoms with Gasteiger partial charge in [-0.25, -0.2) is 4.98 Å². The molecule has 0 saturated carbocycles. The van der Waals surface area contributed by atoms with E-state index in [-0.39, 0.29) is 66.2 Å². The second-order valence-electron chi connectivity index (χ2n) is 26.6. The minimum atomic E-state index is -0.386. The Balaban J connectivity index is 0.000000177.